The molecule has 72 valence electrons. The number of nitrogens with zero attached hydrogens (tertiary/aromatic N) is 1. The Morgan fingerprint density at radius 3 is 2.79 bits per heavy atom. The summed E-state index contributed by atoms with van der Waals surface area (Å²) < 4.78 is 2.02. The van der Waals surface area contributed by atoms with Crippen molar-refractivity contribution in [2.75, 3.05) is 0 Å². The minimum Gasteiger partial charge on any atom is -0.494 e. The van der Waals surface area contributed by atoms with Gasteiger partial charge in [-0.15, -0.1) is 0 Å². The van der Waals surface area contributed by atoms with Crippen LogP contribution in [0.4, 0.5) is 0 Å². The Morgan fingerprint density at radius 2 is 2.07 bits per heavy atom. The molecule has 0 aliphatic carbocycles. The van der Waals surface area contributed by atoms with Gasteiger partial charge in [-0.2, -0.15) is 0 Å². The molecule has 1 atom stereocenters. The molecule has 0 fully saturated rings. The van der Waals surface area contributed by atoms with E-state index in [4.69, 9.17) is 0 Å². The quantitative estimate of drug-likeness (QED) is 0.746. The first-order valence-electron chi connectivity index (χ1n) is 3.89. The number of benzene rings is 1. The second kappa shape index (κ2) is 3.37. The number of hydrogen-bond donors (Lipinski definition) is 1. The van der Waals surface area contributed by atoms with E-state index in [0.717, 1.165) is 14.2 Å². The van der Waals surface area contributed by atoms with E-state index in [1.165, 1.54) is 6.07 Å². The van der Waals surface area contributed by atoms with E-state index in [-0.39, 0.29) is 11.4 Å². The summed E-state index contributed by atoms with van der Waals surface area (Å²) in [6.45, 7) is 0. The van der Waals surface area contributed by atoms with Crippen molar-refractivity contribution < 1.29 is 5.11 Å². The molecule has 0 aliphatic heterocycles. The molecule has 0 bridgehead atoms. The molecule has 0 saturated carbocycles. The lowest BCUT2D eigenvalue weighted by Gasteiger charge is -2.05. The number of hydrogen-bond acceptors (Lipinski definition) is 2. The summed E-state index contributed by atoms with van der Waals surface area (Å²) >= 11 is 3.30. The Labute approximate surface area is 90.8 Å². The van der Waals surface area contributed by atoms with Crippen molar-refractivity contribution in [2.24, 2.45) is 0 Å². The first-order valence-corrected chi connectivity index (χ1v) is 5.20. The first-order chi connectivity index (χ1) is 6.59. The number of pyridine rings is 1. The zero-order valence-electron chi connectivity index (χ0n) is 7.07. The van der Waals surface area contributed by atoms with E-state index >= 15 is 0 Å². The number of halogens is 1. The summed E-state index contributed by atoms with van der Waals surface area (Å²) in [4.78, 5) is 11.3. The van der Waals surface area contributed by atoms with Crippen LogP contribution in [-0.4, -0.2) is 9.44 Å². The standard InChI is InChI=1S/C9H7BrNO2P/c10-6-1-2-7-5(3-6)4-8(12)11(14)9(7)13/h1-4,13H,14H2. The second-order valence-corrected chi connectivity index (χ2v) is 4.34. The minimum atomic E-state index is -0.252. The molecule has 1 heterocycles. The van der Waals surface area contributed by atoms with Crippen LogP contribution in [0.3, 0.4) is 0 Å². The number of rotatable bonds is 0. The number of aromatic nitrogens is 1. The van der Waals surface area contributed by atoms with Crippen LogP contribution in [0.25, 0.3) is 10.8 Å². The number of aromatic hydroxyl groups is 1. The summed E-state index contributed by atoms with van der Waals surface area (Å²) in [7, 11) is 2.17. The lowest BCUT2D eigenvalue weighted by Crippen LogP contribution is -2.10. The molecular formula is C9H7BrNO2P. The fourth-order valence-corrected chi connectivity index (χ4v) is 1.89. The molecule has 2 aromatic rings. The fourth-order valence-electron chi connectivity index (χ4n) is 1.29. The maximum atomic E-state index is 11.3. The smallest absolute Gasteiger partial charge is 0.256 e. The maximum Gasteiger partial charge on any atom is 0.256 e. The summed E-state index contributed by atoms with van der Waals surface area (Å²) in [5.41, 5.74) is -0.252. The van der Waals surface area contributed by atoms with Gasteiger partial charge in [-0.3, -0.25) is 9.13 Å². The Kier molecular flexibility index (Phi) is 2.33. The monoisotopic (exact) mass is 271 g/mol. The van der Waals surface area contributed by atoms with Crippen molar-refractivity contribution in [3.63, 3.8) is 0 Å². The van der Waals surface area contributed by atoms with Crippen molar-refractivity contribution >= 4 is 36.1 Å². The van der Waals surface area contributed by atoms with E-state index in [2.05, 4.69) is 25.3 Å². The van der Waals surface area contributed by atoms with Gasteiger partial charge in [-0.1, -0.05) is 15.9 Å². The van der Waals surface area contributed by atoms with Crippen LogP contribution in [0.1, 0.15) is 0 Å². The summed E-state index contributed by atoms with van der Waals surface area (Å²) in [6, 6.07) is 6.85. The summed E-state index contributed by atoms with van der Waals surface area (Å²) in [6.07, 6.45) is 0. The molecule has 1 aromatic heterocycles. The van der Waals surface area contributed by atoms with Crippen LogP contribution in [0.15, 0.2) is 33.5 Å². The normalized spacial score (nSPS) is 10.7. The van der Waals surface area contributed by atoms with Gasteiger partial charge in [-0.25, -0.2) is 0 Å². The Morgan fingerprint density at radius 1 is 1.36 bits per heavy atom. The second-order valence-electron chi connectivity index (χ2n) is 2.91. The van der Waals surface area contributed by atoms with Gasteiger partial charge in [0.25, 0.3) is 5.56 Å². The van der Waals surface area contributed by atoms with Crippen molar-refractivity contribution in [1.82, 2.24) is 4.34 Å². The molecule has 14 heavy (non-hydrogen) atoms. The molecule has 5 heteroatoms. The molecule has 1 unspecified atom stereocenters. The average Bonchev–Trinajstić information content (AvgIpc) is 2.14. The predicted molar refractivity (Wildman–Crippen MR) is 62.7 cm³/mol. The SMILES string of the molecule is O=c1cc2cc(Br)ccc2c(O)n1P. The Balaban J connectivity index is 2.98. The van der Waals surface area contributed by atoms with Gasteiger partial charge in [0.1, 0.15) is 0 Å². The third kappa shape index (κ3) is 1.45. The van der Waals surface area contributed by atoms with Crippen molar-refractivity contribution in [3.8, 4) is 5.88 Å². The molecule has 0 aliphatic rings. The van der Waals surface area contributed by atoms with Crippen LogP contribution in [-0.2, 0) is 0 Å². The summed E-state index contributed by atoms with van der Waals surface area (Å²) in [5, 5.41) is 11.0. The maximum absolute atomic E-state index is 11.3. The molecule has 0 amide bonds. The lowest BCUT2D eigenvalue weighted by atomic mass is 10.2. The van der Waals surface area contributed by atoms with E-state index in [0.29, 0.717) is 5.39 Å². The van der Waals surface area contributed by atoms with Gasteiger partial charge in [0.15, 0.2) is 0 Å². The van der Waals surface area contributed by atoms with Crippen LogP contribution in [0.2, 0.25) is 0 Å². The topological polar surface area (TPSA) is 42.2 Å². The fraction of sp³-hybridized carbons (Fsp3) is 0. The van der Waals surface area contributed by atoms with Gasteiger partial charge in [0.05, 0.1) is 0 Å². The largest absolute Gasteiger partial charge is 0.494 e. The molecule has 1 N–H and O–H groups in total. The van der Waals surface area contributed by atoms with E-state index in [1.807, 2.05) is 6.07 Å². The van der Waals surface area contributed by atoms with Gasteiger partial charge < -0.3 is 5.11 Å². The van der Waals surface area contributed by atoms with Gasteiger partial charge in [0, 0.05) is 15.9 Å². The van der Waals surface area contributed by atoms with Crippen LogP contribution in [0, 0.1) is 0 Å². The first kappa shape index (κ1) is 9.69. The molecular weight excluding hydrogens is 265 g/mol. The van der Waals surface area contributed by atoms with E-state index < -0.39 is 0 Å². The van der Waals surface area contributed by atoms with Gasteiger partial charge in [-0.05, 0) is 33.0 Å². The highest BCUT2D eigenvalue weighted by molar-refractivity contribution is 9.10. The van der Waals surface area contributed by atoms with Crippen molar-refractivity contribution in [1.29, 1.82) is 0 Å². The molecule has 3 nitrogen and oxygen atoms in total. The Hall–Kier alpha value is -0.860. The average molecular weight is 272 g/mol. The molecule has 0 spiro atoms. The zero-order valence-corrected chi connectivity index (χ0v) is 9.81. The van der Waals surface area contributed by atoms with Crippen LogP contribution >= 0.6 is 25.3 Å². The number of fused-ring (bicyclic) bond motifs is 1. The summed E-state index contributed by atoms with van der Waals surface area (Å²) in [5.74, 6) is -0.0370. The minimum absolute atomic E-state index is 0.0370. The van der Waals surface area contributed by atoms with Crippen LogP contribution in [0.5, 0.6) is 5.88 Å². The van der Waals surface area contributed by atoms with Gasteiger partial charge in [0.2, 0.25) is 5.88 Å². The zero-order chi connectivity index (χ0) is 10.3. The highest BCUT2D eigenvalue weighted by Gasteiger charge is 2.05. The third-order valence-electron chi connectivity index (χ3n) is 2.00. The van der Waals surface area contributed by atoms with E-state index in [9.17, 15) is 9.90 Å². The van der Waals surface area contributed by atoms with E-state index in [1.54, 1.807) is 12.1 Å². The molecule has 0 saturated heterocycles. The highest BCUT2D eigenvalue weighted by Crippen LogP contribution is 2.26. The van der Waals surface area contributed by atoms with Crippen molar-refractivity contribution in [3.05, 3.63) is 39.1 Å². The predicted octanol–water partition coefficient (Wildman–Crippen LogP) is 2.11. The third-order valence-corrected chi connectivity index (χ3v) is 2.99. The Bertz CT molecular complexity index is 564. The van der Waals surface area contributed by atoms with Gasteiger partial charge >= 0.3 is 0 Å². The van der Waals surface area contributed by atoms with Crippen molar-refractivity contribution in [2.45, 2.75) is 0 Å². The molecule has 0 radical (unpaired) electrons. The molecule has 1 aromatic carbocycles. The lowest BCUT2D eigenvalue weighted by molar-refractivity contribution is 0.452. The highest BCUT2D eigenvalue weighted by atomic mass is 79.9. The molecule has 2 rings (SSSR count). The van der Waals surface area contributed by atoms with Crippen LogP contribution < -0.4 is 5.56 Å².